The number of nitrogens with zero attached hydrogens (tertiary/aromatic N) is 4. The summed E-state index contributed by atoms with van der Waals surface area (Å²) >= 11 is 0. The molecule has 1 amide bonds. The monoisotopic (exact) mass is 533 g/mol. The van der Waals surface area contributed by atoms with E-state index in [9.17, 15) is 14.4 Å². The predicted molar refractivity (Wildman–Crippen MR) is 144 cm³/mol. The minimum Gasteiger partial charge on any atom is -0.466 e. The number of terminal acetylenes is 1. The van der Waals surface area contributed by atoms with E-state index in [0.717, 1.165) is 5.56 Å². The number of hydrogen-bond acceptors (Lipinski definition) is 11. The fraction of sp³-hybridized carbons (Fsp3) is 0.370. The molecule has 0 saturated heterocycles. The minimum atomic E-state index is -0.992. The number of nitrogens with two attached hydrogens (primary N) is 2. The number of amides is 1. The van der Waals surface area contributed by atoms with Crippen LogP contribution < -0.4 is 16.8 Å². The maximum absolute atomic E-state index is 12.9. The Labute approximate surface area is 225 Å². The Morgan fingerprint density at radius 2 is 1.77 bits per heavy atom. The minimum absolute atomic E-state index is 0.0176. The summed E-state index contributed by atoms with van der Waals surface area (Å²) in [5.74, 6) is 1.16. The number of hydrogen-bond donors (Lipinski definition) is 3. The Kier molecular flexibility index (Phi) is 10.1. The standard InChI is InChI=1S/C27H31N7O5/c1-4-7-18(14-19-15-30-24-22(31-19)23(28)33-27(29)34-24)16-8-10-17(11-9-16)25(36)32-20(26(37)39-6-3)12-13-21(35)38-5-2/h1,8-11,15,18,20H,5-7,12-14H2,2-3H3,(H,32,36)(H4,28,29,30,33,34). The van der Waals surface area contributed by atoms with Crippen molar-refractivity contribution >= 4 is 40.8 Å². The van der Waals surface area contributed by atoms with E-state index in [1.54, 1.807) is 44.3 Å². The van der Waals surface area contributed by atoms with Gasteiger partial charge in [-0.25, -0.2) is 14.8 Å². The number of ether oxygens (including phenoxy) is 2. The molecule has 204 valence electrons. The quantitative estimate of drug-likeness (QED) is 0.228. The van der Waals surface area contributed by atoms with Crippen LogP contribution in [0.5, 0.6) is 0 Å². The van der Waals surface area contributed by atoms with Crippen molar-refractivity contribution in [3.8, 4) is 12.3 Å². The lowest BCUT2D eigenvalue weighted by atomic mass is 9.91. The van der Waals surface area contributed by atoms with Crippen LogP contribution in [0.3, 0.4) is 0 Å². The highest BCUT2D eigenvalue weighted by atomic mass is 16.5. The van der Waals surface area contributed by atoms with Crippen LogP contribution >= 0.6 is 0 Å². The fourth-order valence-electron chi connectivity index (χ4n) is 3.92. The van der Waals surface area contributed by atoms with Crippen molar-refractivity contribution < 1.29 is 23.9 Å². The first-order chi connectivity index (χ1) is 18.7. The first kappa shape index (κ1) is 28.8. The second-order valence-corrected chi connectivity index (χ2v) is 8.55. The number of rotatable bonds is 12. The van der Waals surface area contributed by atoms with Gasteiger partial charge in [0.15, 0.2) is 17.0 Å². The molecule has 3 rings (SSSR count). The normalized spacial score (nSPS) is 12.2. The predicted octanol–water partition coefficient (Wildman–Crippen LogP) is 1.94. The Hall–Kier alpha value is -4.79. The molecule has 0 radical (unpaired) electrons. The summed E-state index contributed by atoms with van der Waals surface area (Å²) in [4.78, 5) is 53.8. The first-order valence-corrected chi connectivity index (χ1v) is 12.5. The zero-order valence-corrected chi connectivity index (χ0v) is 21.8. The fourth-order valence-corrected chi connectivity index (χ4v) is 3.92. The van der Waals surface area contributed by atoms with Crippen molar-refractivity contribution in [1.29, 1.82) is 0 Å². The maximum Gasteiger partial charge on any atom is 0.328 e. The zero-order chi connectivity index (χ0) is 28.4. The molecule has 0 bridgehead atoms. The number of nitrogen functional groups attached to an aromatic ring is 2. The molecule has 2 atom stereocenters. The highest BCUT2D eigenvalue weighted by molar-refractivity contribution is 5.97. The topological polar surface area (TPSA) is 185 Å². The van der Waals surface area contributed by atoms with Gasteiger partial charge in [-0.3, -0.25) is 9.59 Å². The summed E-state index contributed by atoms with van der Waals surface area (Å²) in [6.07, 6.45) is 8.11. The zero-order valence-electron chi connectivity index (χ0n) is 21.8. The lowest BCUT2D eigenvalue weighted by molar-refractivity contribution is -0.146. The highest BCUT2D eigenvalue weighted by Crippen LogP contribution is 2.25. The lowest BCUT2D eigenvalue weighted by Gasteiger charge is -2.18. The van der Waals surface area contributed by atoms with Crippen LogP contribution in [-0.2, 0) is 25.5 Å². The number of carbonyl (C=O) groups is 3. The van der Waals surface area contributed by atoms with Crippen molar-refractivity contribution in [2.24, 2.45) is 0 Å². The Bertz CT molecular complexity index is 1370. The molecule has 1 aromatic carbocycles. The van der Waals surface area contributed by atoms with Gasteiger partial charge in [-0.15, -0.1) is 12.3 Å². The Morgan fingerprint density at radius 1 is 1.05 bits per heavy atom. The Balaban J connectivity index is 1.73. The molecule has 0 saturated carbocycles. The lowest BCUT2D eigenvalue weighted by Crippen LogP contribution is -2.42. The van der Waals surface area contributed by atoms with Crippen LogP contribution in [0.2, 0.25) is 0 Å². The van der Waals surface area contributed by atoms with E-state index in [0.29, 0.717) is 35.3 Å². The molecule has 12 nitrogen and oxygen atoms in total. The van der Waals surface area contributed by atoms with Crippen LogP contribution in [0.1, 0.15) is 60.6 Å². The van der Waals surface area contributed by atoms with E-state index in [1.165, 1.54) is 0 Å². The van der Waals surface area contributed by atoms with E-state index in [2.05, 4.69) is 31.2 Å². The third kappa shape index (κ3) is 7.85. The van der Waals surface area contributed by atoms with E-state index < -0.39 is 23.9 Å². The molecule has 0 aliphatic heterocycles. The average molecular weight is 534 g/mol. The molecular weight excluding hydrogens is 502 g/mol. The molecule has 2 unspecified atom stereocenters. The van der Waals surface area contributed by atoms with Crippen LogP contribution in [0.4, 0.5) is 11.8 Å². The molecule has 0 spiro atoms. The van der Waals surface area contributed by atoms with E-state index in [4.69, 9.17) is 27.4 Å². The second-order valence-electron chi connectivity index (χ2n) is 8.55. The number of esters is 2. The van der Waals surface area contributed by atoms with Gasteiger partial charge in [0, 0.05) is 24.3 Å². The van der Waals surface area contributed by atoms with Gasteiger partial charge in [-0.2, -0.15) is 9.97 Å². The molecule has 2 aromatic heterocycles. The van der Waals surface area contributed by atoms with Crippen molar-refractivity contribution in [2.45, 2.75) is 51.5 Å². The molecule has 12 heteroatoms. The number of nitrogens with one attached hydrogen (secondary N) is 1. The van der Waals surface area contributed by atoms with Crippen LogP contribution in [0.25, 0.3) is 11.2 Å². The summed E-state index contributed by atoms with van der Waals surface area (Å²) in [7, 11) is 0. The molecule has 0 aliphatic rings. The van der Waals surface area contributed by atoms with Gasteiger partial charge in [-0.05, 0) is 44.4 Å². The number of carbonyl (C=O) groups excluding carboxylic acids is 3. The third-order valence-electron chi connectivity index (χ3n) is 5.78. The van der Waals surface area contributed by atoms with E-state index >= 15 is 0 Å². The molecule has 0 aliphatic carbocycles. The molecule has 39 heavy (non-hydrogen) atoms. The maximum atomic E-state index is 12.9. The molecule has 3 aromatic rings. The van der Waals surface area contributed by atoms with Gasteiger partial charge in [0.25, 0.3) is 5.91 Å². The van der Waals surface area contributed by atoms with Crippen molar-refractivity contribution in [3.63, 3.8) is 0 Å². The number of fused-ring (bicyclic) bond motifs is 1. The largest absolute Gasteiger partial charge is 0.466 e. The van der Waals surface area contributed by atoms with E-state index in [1.807, 2.05) is 0 Å². The number of aromatic nitrogens is 4. The molecule has 2 heterocycles. The van der Waals surface area contributed by atoms with Crippen molar-refractivity contribution in [3.05, 3.63) is 47.3 Å². The van der Waals surface area contributed by atoms with Crippen LogP contribution in [0.15, 0.2) is 30.5 Å². The summed E-state index contributed by atoms with van der Waals surface area (Å²) in [6, 6.07) is 5.88. The van der Waals surface area contributed by atoms with Crippen molar-refractivity contribution in [2.75, 3.05) is 24.7 Å². The summed E-state index contributed by atoms with van der Waals surface area (Å²) in [5, 5.41) is 2.65. The summed E-state index contributed by atoms with van der Waals surface area (Å²) < 4.78 is 9.96. The smallest absolute Gasteiger partial charge is 0.328 e. The van der Waals surface area contributed by atoms with Gasteiger partial charge < -0.3 is 26.3 Å². The summed E-state index contributed by atoms with van der Waals surface area (Å²) in [6.45, 7) is 3.73. The van der Waals surface area contributed by atoms with Gasteiger partial charge in [-0.1, -0.05) is 12.1 Å². The highest BCUT2D eigenvalue weighted by Gasteiger charge is 2.24. The van der Waals surface area contributed by atoms with Gasteiger partial charge >= 0.3 is 11.9 Å². The first-order valence-electron chi connectivity index (χ1n) is 12.5. The van der Waals surface area contributed by atoms with Crippen molar-refractivity contribution in [1.82, 2.24) is 25.3 Å². The van der Waals surface area contributed by atoms with Crippen LogP contribution in [-0.4, -0.2) is 57.0 Å². The summed E-state index contributed by atoms with van der Waals surface area (Å²) in [5.41, 5.74) is 14.1. The SMILES string of the molecule is C#CCC(Cc1cnc2nc(N)nc(N)c2n1)c1ccc(C(=O)NC(CCC(=O)OCC)C(=O)OCC)cc1. The van der Waals surface area contributed by atoms with E-state index in [-0.39, 0.29) is 43.7 Å². The second kappa shape index (κ2) is 13.7. The number of benzene rings is 1. The average Bonchev–Trinajstić information content (AvgIpc) is 2.91. The van der Waals surface area contributed by atoms with Gasteiger partial charge in [0.05, 0.1) is 25.1 Å². The molecule has 0 fully saturated rings. The van der Waals surface area contributed by atoms with Crippen LogP contribution in [0, 0.1) is 12.3 Å². The Morgan fingerprint density at radius 3 is 2.44 bits per heavy atom. The number of anilines is 2. The third-order valence-corrected chi connectivity index (χ3v) is 5.78. The van der Waals surface area contributed by atoms with Gasteiger partial charge in [0.1, 0.15) is 6.04 Å². The van der Waals surface area contributed by atoms with Gasteiger partial charge in [0.2, 0.25) is 5.95 Å². The molecule has 5 N–H and O–H groups in total. The molecular formula is C27H31N7O5.